The Morgan fingerprint density at radius 2 is 1.09 bits per heavy atom. The van der Waals surface area contributed by atoms with Crippen LogP contribution in [0.5, 0.6) is 5.75 Å². The molecule has 8 atom stereocenters. The van der Waals surface area contributed by atoms with E-state index in [4.69, 9.17) is 11.5 Å². The third kappa shape index (κ3) is 17.1. The third-order valence-corrected chi connectivity index (χ3v) is 8.67. The molecule has 15 N–H and O–H groups in total. The molecule has 0 unspecified atom stereocenters. The summed E-state index contributed by atoms with van der Waals surface area (Å²) in [5, 5.41) is 62.4. The molecule has 21 heteroatoms. The Morgan fingerprint density at radius 1 is 0.632 bits per heavy atom. The zero-order valence-corrected chi connectivity index (χ0v) is 32.7. The molecule has 0 aliphatic carbocycles. The summed E-state index contributed by atoms with van der Waals surface area (Å²) < 4.78 is 0. The molecule has 0 aliphatic rings. The number of phenols is 1. The summed E-state index contributed by atoms with van der Waals surface area (Å²) in [4.78, 5) is 103. The van der Waals surface area contributed by atoms with Crippen LogP contribution in [0.3, 0.4) is 0 Å². The number of aliphatic hydroxyl groups is 2. The van der Waals surface area contributed by atoms with Crippen molar-refractivity contribution in [1.82, 2.24) is 31.9 Å². The largest absolute Gasteiger partial charge is 0.508 e. The topological polar surface area (TPSA) is 362 Å². The van der Waals surface area contributed by atoms with E-state index in [9.17, 15) is 63.9 Å². The summed E-state index contributed by atoms with van der Waals surface area (Å²) in [7, 11) is 0. The molecule has 0 saturated carbocycles. The van der Waals surface area contributed by atoms with Gasteiger partial charge in [0.05, 0.1) is 25.2 Å². The van der Waals surface area contributed by atoms with E-state index >= 15 is 0 Å². The minimum absolute atomic E-state index is 0.00134. The standard InChI is InChI=1S/C36H58N8O13/c1-17(2)27(43-34(54)28(18(3)4)42-30(50)22(38)14-20-9-11-21(47)12-10-20)33(53)40-24(15-26(48)49)31(51)44-29(19(5)46)35(55)41-25(16-45)32(52)39-23(36(56)57)8-6-7-13-37/h9-12,17-19,22-25,27-29,45-47H,6-8,13-16,37-38H2,1-5H3,(H,39,52)(H,40,53)(H,41,55)(H,42,50)(H,43,54)(H,44,51)(H,48,49)(H,56,57)/t19-,22+,23+,24+,25+,27+,28+,29+/m1/s1. The first kappa shape index (κ1) is 49.6. The zero-order chi connectivity index (χ0) is 43.6. The first-order chi connectivity index (χ1) is 26.6. The van der Waals surface area contributed by atoms with Crippen LogP contribution in [-0.2, 0) is 44.8 Å². The molecular formula is C36H58N8O13. The molecule has 21 nitrogen and oxygen atoms in total. The maximum atomic E-state index is 13.5. The van der Waals surface area contributed by atoms with Gasteiger partial charge in [0.1, 0.15) is 42.0 Å². The molecule has 0 bridgehead atoms. The van der Waals surface area contributed by atoms with Crippen LogP contribution in [-0.4, -0.2) is 134 Å². The van der Waals surface area contributed by atoms with Crippen molar-refractivity contribution in [3.63, 3.8) is 0 Å². The Labute approximate surface area is 330 Å². The molecular weight excluding hydrogens is 752 g/mol. The number of hydrogen-bond donors (Lipinski definition) is 13. The maximum Gasteiger partial charge on any atom is 0.326 e. The van der Waals surface area contributed by atoms with Crippen LogP contribution in [0, 0.1) is 11.8 Å². The van der Waals surface area contributed by atoms with Gasteiger partial charge < -0.3 is 68.9 Å². The SMILES string of the molecule is CC(C)[C@H](NC(=O)[C@@H](NC(=O)[C@@H](N)Cc1ccc(O)cc1)C(C)C)C(=O)N[C@@H](CC(=O)O)C(=O)N[C@H](C(=O)N[C@@H](CO)C(=O)N[C@@H](CCCCN)C(=O)O)[C@@H](C)O. The Kier molecular flexibility index (Phi) is 21.2. The quantitative estimate of drug-likeness (QED) is 0.0427. The number of aliphatic carboxylic acids is 2. The molecule has 6 amide bonds. The normalized spacial score (nSPS) is 15.4. The number of unbranched alkanes of at least 4 members (excludes halogenated alkanes) is 1. The summed E-state index contributed by atoms with van der Waals surface area (Å²) in [5.41, 5.74) is 12.1. The fourth-order valence-electron chi connectivity index (χ4n) is 5.33. The van der Waals surface area contributed by atoms with Crippen LogP contribution in [0.15, 0.2) is 24.3 Å². The lowest BCUT2D eigenvalue weighted by Gasteiger charge is -2.29. The van der Waals surface area contributed by atoms with Gasteiger partial charge in [0.2, 0.25) is 35.4 Å². The molecule has 0 aromatic heterocycles. The number of aromatic hydroxyl groups is 1. The number of aliphatic hydroxyl groups excluding tert-OH is 2. The fourth-order valence-corrected chi connectivity index (χ4v) is 5.33. The van der Waals surface area contributed by atoms with Crippen molar-refractivity contribution in [2.24, 2.45) is 23.3 Å². The van der Waals surface area contributed by atoms with Crippen LogP contribution in [0.4, 0.5) is 0 Å². The Balaban J connectivity index is 3.12. The number of carboxylic acid groups (broad SMARTS) is 2. The molecule has 1 aromatic carbocycles. The zero-order valence-electron chi connectivity index (χ0n) is 32.7. The first-order valence-corrected chi connectivity index (χ1v) is 18.4. The number of nitrogens with two attached hydrogens (primary N) is 2. The highest BCUT2D eigenvalue weighted by Gasteiger charge is 2.36. The van der Waals surface area contributed by atoms with E-state index in [0.717, 1.165) is 6.92 Å². The molecule has 0 saturated heterocycles. The molecule has 0 fully saturated rings. The predicted molar refractivity (Wildman–Crippen MR) is 203 cm³/mol. The number of amides is 6. The Hall–Kier alpha value is -5.38. The van der Waals surface area contributed by atoms with Gasteiger partial charge in [-0.25, -0.2) is 4.79 Å². The van der Waals surface area contributed by atoms with E-state index in [1.807, 2.05) is 0 Å². The predicted octanol–water partition coefficient (Wildman–Crippen LogP) is -3.46. The van der Waals surface area contributed by atoms with Crippen molar-refractivity contribution in [3.8, 4) is 5.75 Å². The lowest BCUT2D eigenvalue weighted by Crippen LogP contribution is -2.62. The maximum absolute atomic E-state index is 13.5. The van der Waals surface area contributed by atoms with Gasteiger partial charge >= 0.3 is 11.9 Å². The highest BCUT2D eigenvalue weighted by molar-refractivity contribution is 5.98. The molecule has 0 heterocycles. The number of benzene rings is 1. The third-order valence-electron chi connectivity index (χ3n) is 8.67. The summed E-state index contributed by atoms with van der Waals surface area (Å²) in [5.74, 6) is -10.1. The second kappa shape index (κ2) is 24.3. The summed E-state index contributed by atoms with van der Waals surface area (Å²) in [6.07, 6.45) is -1.78. The van der Waals surface area contributed by atoms with Crippen LogP contribution in [0.1, 0.15) is 65.9 Å². The smallest absolute Gasteiger partial charge is 0.326 e. The van der Waals surface area contributed by atoms with E-state index in [1.54, 1.807) is 39.8 Å². The number of hydrogen-bond acceptors (Lipinski definition) is 13. The van der Waals surface area contributed by atoms with Gasteiger partial charge in [0.25, 0.3) is 0 Å². The highest BCUT2D eigenvalue weighted by Crippen LogP contribution is 2.12. The van der Waals surface area contributed by atoms with Crippen LogP contribution >= 0.6 is 0 Å². The molecule has 0 aliphatic heterocycles. The summed E-state index contributed by atoms with van der Waals surface area (Å²) in [6.45, 7) is 6.72. The molecule has 1 aromatic rings. The molecule has 1 rings (SSSR count). The summed E-state index contributed by atoms with van der Waals surface area (Å²) >= 11 is 0. The van der Waals surface area contributed by atoms with Gasteiger partial charge in [-0.05, 0) is 68.7 Å². The summed E-state index contributed by atoms with van der Waals surface area (Å²) in [6, 6.07) is -4.47. The minimum Gasteiger partial charge on any atom is -0.508 e. The average molecular weight is 811 g/mol. The van der Waals surface area contributed by atoms with E-state index in [2.05, 4.69) is 31.9 Å². The van der Waals surface area contributed by atoms with Crippen LogP contribution in [0.2, 0.25) is 0 Å². The average Bonchev–Trinajstić information content (AvgIpc) is 3.12. The minimum atomic E-state index is -1.87. The van der Waals surface area contributed by atoms with E-state index in [-0.39, 0.29) is 25.1 Å². The van der Waals surface area contributed by atoms with E-state index in [0.29, 0.717) is 18.4 Å². The number of rotatable bonds is 25. The highest BCUT2D eigenvalue weighted by atomic mass is 16.4. The van der Waals surface area contributed by atoms with E-state index in [1.165, 1.54) is 12.1 Å². The van der Waals surface area contributed by atoms with Crippen LogP contribution in [0.25, 0.3) is 0 Å². The molecule has 320 valence electrons. The fraction of sp³-hybridized carbons (Fsp3) is 0.611. The number of nitrogens with one attached hydrogen (secondary N) is 6. The van der Waals surface area contributed by atoms with Crippen molar-refractivity contribution in [2.45, 2.75) is 115 Å². The van der Waals surface area contributed by atoms with Crippen molar-refractivity contribution in [1.29, 1.82) is 0 Å². The van der Waals surface area contributed by atoms with Crippen molar-refractivity contribution < 1.29 is 63.9 Å². The number of carbonyl (C=O) groups excluding carboxylic acids is 6. The molecule has 57 heavy (non-hydrogen) atoms. The van der Waals surface area contributed by atoms with Crippen LogP contribution < -0.4 is 43.4 Å². The van der Waals surface area contributed by atoms with Crippen molar-refractivity contribution in [3.05, 3.63) is 29.8 Å². The monoisotopic (exact) mass is 810 g/mol. The second-order valence-corrected chi connectivity index (χ2v) is 14.3. The number of carboxylic acids is 2. The van der Waals surface area contributed by atoms with Gasteiger partial charge in [-0.2, -0.15) is 0 Å². The second-order valence-electron chi connectivity index (χ2n) is 14.3. The van der Waals surface area contributed by atoms with Gasteiger partial charge in [-0.1, -0.05) is 39.8 Å². The van der Waals surface area contributed by atoms with Gasteiger partial charge in [-0.15, -0.1) is 0 Å². The molecule has 0 spiro atoms. The number of phenolic OH excluding ortho intramolecular Hbond substituents is 1. The van der Waals surface area contributed by atoms with Gasteiger partial charge in [0.15, 0.2) is 0 Å². The Bertz CT molecular complexity index is 1540. The number of carbonyl (C=O) groups is 8. The lowest BCUT2D eigenvalue weighted by molar-refractivity contribution is -0.143. The van der Waals surface area contributed by atoms with Crippen molar-refractivity contribution >= 4 is 47.4 Å². The first-order valence-electron chi connectivity index (χ1n) is 18.4. The van der Waals surface area contributed by atoms with Gasteiger partial charge in [0, 0.05) is 0 Å². The van der Waals surface area contributed by atoms with E-state index < -0.39 is 121 Å². The Morgan fingerprint density at radius 3 is 1.56 bits per heavy atom. The molecule has 0 radical (unpaired) electrons. The lowest BCUT2D eigenvalue weighted by atomic mass is 9.98. The van der Waals surface area contributed by atoms with Gasteiger partial charge in [-0.3, -0.25) is 33.6 Å². The van der Waals surface area contributed by atoms with Crippen molar-refractivity contribution in [2.75, 3.05) is 13.2 Å².